The summed E-state index contributed by atoms with van der Waals surface area (Å²) < 4.78 is 27.2. The number of rotatable bonds is 4. The smallest absolute Gasteiger partial charge is 0.206 e. The molecule has 0 saturated heterocycles. The number of hydrogen-bond donors (Lipinski definition) is 0. The first-order valence-electron chi connectivity index (χ1n) is 4.96. The highest BCUT2D eigenvalue weighted by Crippen LogP contribution is 2.42. The summed E-state index contributed by atoms with van der Waals surface area (Å²) in [6, 6.07) is 8.86. The van der Waals surface area contributed by atoms with Crippen molar-refractivity contribution in [2.24, 2.45) is 0 Å². The highest BCUT2D eigenvalue weighted by molar-refractivity contribution is 5.28. The van der Waals surface area contributed by atoms with Gasteiger partial charge in [-0.05, 0) is 18.9 Å². The lowest BCUT2D eigenvalue weighted by atomic mass is 9.74. The van der Waals surface area contributed by atoms with Gasteiger partial charge >= 0.3 is 0 Å². The minimum Gasteiger partial charge on any atom is -0.206 e. The van der Waals surface area contributed by atoms with Gasteiger partial charge in [-0.1, -0.05) is 36.4 Å². The molecule has 0 fully saturated rings. The molecule has 0 aliphatic rings. The molecule has 0 heterocycles. The van der Waals surface area contributed by atoms with Crippen LogP contribution in [0.1, 0.15) is 25.8 Å². The molecule has 1 atom stereocenters. The summed E-state index contributed by atoms with van der Waals surface area (Å²) >= 11 is 0. The maximum atomic E-state index is 13.6. The summed E-state index contributed by atoms with van der Waals surface area (Å²) in [6.45, 7) is 6.09. The second-order valence-corrected chi connectivity index (χ2v) is 4.08. The van der Waals surface area contributed by atoms with E-state index in [0.717, 1.165) is 6.92 Å². The molecule has 0 radical (unpaired) electrons. The van der Waals surface area contributed by atoms with E-state index in [1.165, 1.54) is 0 Å². The lowest BCUT2D eigenvalue weighted by molar-refractivity contribution is -0.0535. The first-order valence-corrected chi connectivity index (χ1v) is 4.96. The third kappa shape index (κ3) is 2.25. The zero-order chi connectivity index (χ0) is 11.5. The molecule has 0 aliphatic carbocycles. The van der Waals surface area contributed by atoms with Crippen LogP contribution in [0.15, 0.2) is 43.0 Å². The number of benzene rings is 1. The van der Waals surface area contributed by atoms with E-state index in [1.807, 2.05) is 6.07 Å². The first kappa shape index (κ1) is 11.9. The molecular weight excluding hydrogens is 194 g/mol. The van der Waals surface area contributed by atoms with Crippen molar-refractivity contribution in [2.75, 3.05) is 0 Å². The molecule has 0 N–H and O–H groups in total. The first-order chi connectivity index (χ1) is 6.92. The van der Waals surface area contributed by atoms with Crippen LogP contribution in [-0.4, -0.2) is 5.92 Å². The van der Waals surface area contributed by atoms with Crippen molar-refractivity contribution >= 4 is 0 Å². The van der Waals surface area contributed by atoms with Crippen molar-refractivity contribution < 1.29 is 8.78 Å². The monoisotopic (exact) mass is 210 g/mol. The average molecular weight is 210 g/mol. The van der Waals surface area contributed by atoms with Gasteiger partial charge in [-0.25, -0.2) is 8.78 Å². The molecule has 0 amide bonds. The van der Waals surface area contributed by atoms with Crippen molar-refractivity contribution in [1.82, 2.24) is 0 Å². The van der Waals surface area contributed by atoms with Gasteiger partial charge in [0.05, 0.1) is 5.41 Å². The summed E-state index contributed by atoms with van der Waals surface area (Å²) in [5.74, 6) is -2.76. The van der Waals surface area contributed by atoms with Crippen LogP contribution in [0.25, 0.3) is 0 Å². The second kappa shape index (κ2) is 4.13. The second-order valence-electron chi connectivity index (χ2n) is 4.08. The van der Waals surface area contributed by atoms with Crippen LogP contribution in [0.4, 0.5) is 8.78 Å². The van der Waals surface area contributed by atoms with Gasteiger partial charge in [0.1, 0.15) is 0 Å². The Morgan fingerprint density at radius 3 is 2.13 bits per heavy atom. The summed E-state index contributed by atoms with van der Waals surface area (Å²) in [6.07, 6.45) is 1.81. The van der Waals surface area contributed by atoms with Crippen LogP contribution in [0.5, 0.6) is 0 Å². The van der Waals surface area contributed by atoms with Gasteiger partial charge in [0.25, 0.3) is 5.92 Å². The third-order valence-corrected chi connectivity index (χ3v) is 2.93. The van der Waals surface area contributed by atoms with Gasteiger partial charge in [0.15, 0.2) is 0 Å². The Kier molecular flexibility index (Phi) is 3.28. The van der Waals surface area contributed by atoms with Crippen molar-refractivity contribution in [1.29, 1.82) is 0 Å². The number of allylic oxidation sites excluding steroid dienone is 1. The molecule has 1 aromatic carbocycles. The maximum Gasteiger partial charge on any atom is 0.254 e. The van der Waals surface area contributed by atoms with Gasteiger partial charge in [-0.15, -0.1) is 6.58 Å². The molecule has 15 heavy (non-hydrogen) atoms. The zero-order valence-corrected chi connectivity index (χ0v) is 9.13. The van der Waals surface area contributed by atoms with Gasteiger partial charge in [-0.2, -0.15) is 0 Å². The Morgan fingerprint density at radius 1 is 1.20 bits per heavy atom. The van der Waals surface area contributed by atoms with E-state index in [0.29, 0.717) is 5.56 Å². The predicted molar refractivity (Wildman–Crippen MR) is 59.2 cm³/mol. The van der Waals surface area contributed by atoms with E-state index in [-0.39, 0.29) is 6.42 Å². The van der Waals surface area contributed by atoms with Crippen LogP contribution in [0.2, 0.25) is 0 Å². The largest absolute Gasteiger partial charge is 0.254 e. The number of hydrogen-bond acceptors (Lipinski definition) is 0. The lowest BCUT2D eigenvalue weighted by Gasteiger charge is -2.35. The normalized spacial score (nSPS) is 15.7. The van der Waals surface area contributed by atoms with Gasteiger partial charge in [0, 0.05) is 6.92 Å². The van der Waals surface area contributed by atoms with E-state index in [2.05, 4.69) is 6.58 Å². The number of halogens is 2. The molecule has 0 spiro atoms. The third-order valence-electron chi connectivity index (χ3n) is 2.93. The van der Waals surface area contributed by atoms with Gasteiger partial charge < -0.3 is 0 Å². The minimum absolute atomic E-state index is 0.264. The highest BCUT2D eigenvalue weighted by atomic mass is 19.3. The Bertz CT molecular complexity index is 324. The topological polar surface area (TPSA) is 0 Å². The number of alkyl halides is 2. The standard InChI is InChI=1S/C13H16F2/c1-4-10-12(2,13(3,14)15)11-8-6-5-7-9-11/h4-9H,1,10H2,2-3H3/t12-/m1/s1. The molecule has 0 aliphatic heterocycles. The SMILES string of the molecule is C=CC[C@](C)(c1ccccc1)C(C)(F)F. The van der Waals surface area contributed by atoms with Crippen molar-refractivity contribution in [3.63, 3.8) is 0 Å². The van der Waals surface area contributed by atoms with E-state index >= 15 is 0 Å². The molecule has 82 valence electrons. The van der Waals surface area contributed by atoms with E-state index < -0.39 is 11.3 Å². The fourth-order valence-electron chi connectivity index (χ4n) is 1.65. The Balaban J connectivity index is 3.18. The van der Waals surface area contributed by atoms with Crippen LogP contribution in [-0.2, 0) is 5.41 Å². The fourth-order valence-corrected chi connectivity index (χ4v) is 1.65. The Labute approximate surface area is 89.6 Å². The van der Waals surface area contributed by atoms with E-state index in [9.17, 15) is 8.78 Å². The van der Waals surface area contributed by atoms with Crippen molar-refractivity contribution in [2.45, 2.75) is 31.6 Å². The Morgan fingerprint density at radius 2 is 1.73 bits per heavy atom. The molecule has 0 bridgehead atoms. The van der Waals surface area contributed by atoms with Crippen LogP contribution in [0, 0.1) is 0 Å². The lowest BCUT2D eigenvalue weighted by Crippen LogP contribution is -2.40. The van der Waals surface area contributed by atoms with Crippen LogP contribution < -0.4 is 0 Å². The molecule has 1 aromatic rings. The van der Waals surface area contributed by atoms with Crippen molar-refractivity contribution in [3.05, 3.63) is 48.6 Å². The molecule has 0 nitrogen and oxygen atoms in total. The quantitative estimate of drug-likeness (QED) is 0.654. The maximum absolute atomic E-state index is 13.6. The van der Waals surface area contributed by atoms with Gasteiger partial charge in [-0.3, -0.25) is 0 Å². The van der Waals surface area contributed by atoms with E-state index in [1.54, 1.807) is 37.3 Å². The predicted octanol–water partition coefficient (Wildman–Crippen LogP) is 4.18. The van der Waals surface area contributed by atoms with E-state index in [4.69, 9.17) is 0 Å². The molecule has 1 rings (SSSR count). The minimum atomic E-state index is -2.76. The zero-order valence-electron chi connectivity index (χ0n) is 9.13. The molecule has 0 aromatic heterocycles. The van der Waals surface area contributed by atoms with Gasteiger partial charge in [0.2, 0.25) is 0 Å². The van der Waals surface area contributed by atoms with Crippen LogP contribution >= 0.6 is 0 Å². The van der Waals surface area contributed by atoms with Crippen molar-refractivity contribution in [3.8, 4) is 0 Å². The molecule has 0 saturated carbocycles. The van der Waals surface area contributed by atoms with Crippen LogP contribution in [0.3, 0.4) is 0 Å². The summed E-state index contributed by atoms with van der Waals surface area (Å²) in [7, 11) is 0. The molecule has 2 heteroatoms. The summed E-state index contributed by atoms with van der Waals surface area (Å²) in [5, 5.41) is 0. The molecular formula is C13H16F2. The summed E-state index contributed by atoms with van der Waals surface area (Å²) in [4.78, 5) is 0. The summed E-state index contributed by atoms with van der Waals surface area (Å²) in [5.41, 5.74) is -0.520. The fraction of sp³-hybridized carbons (Fsp3) is 0.385. The Hall–Kier alpha value is -1.18. The highest BCUT2D eigenvalue weighted by Gasteiger charge is 2.46. The molecule has 0 unspecified atom stereocenters. The average Bonchev–Trinajstić information content (AvgIpc) is 2.18.